The maximum atomic E-state index is 14.3. The molecule has 7 heteroatoms. The Kier molecular flexibility index (Phi) is 6.28. The van der Waals surface area contributed by atoms with Gasteiger partial charge in [-0.1, -0.05) is 49.6 Å². The van der Waals surface area contributed by atoms with Crippen molar-refractivity contribution >= 4 is 35.2 Å². The van der Waals surface area contributed by atoms with Crippen LogP contribution in [-0.4, -0.2) is 24.4 Å². The zero-order chi connectivity index (χ0) is 22.0. The molecule has 2 amide bonds. The van der Waals surface area contributed by atoms with Crippen LogP contribution < -0.4 is 15.0 Å². The Morgan fingerprint density at radius 3 is 2.77 bits per heavy atom. The molecule has 2 atom stereocenters. The van der Waals surface area contributed by atoms with Gasteiger partial charge in [0.05, 0.1) is 10.7 Å². The number of carbonyl (C=O) groups is 2. The Hall–Kier alpha value is -2.86. The van der Waals surface area contributed by atoms with Gasteiger partial charge >= 0.3 is 0 Å². The number of halogens is 2. The topological polar surface area (TPSA) is 58.6 Å². The third-order valence-electron chi connectivity index (χ3n) is 5.87. The molecule has 0 radical (unpaired) electrons. The van der Waals surface area contributed by atoms with Crippen molar-refractivity contribution in [1.82, 2.24) is 5.32 Å². The van der Waals surface area contributed by atoms with Crippen molar-refractivity contribution in [2.75, 3.05) is 11.4 Å². The highest BCUT2D eigenvalue weighted by molar-refractivity contribution is 6.32. The van der Waals surface area contributed by atoms with Crippen LogP contribution in [0.3, 0.4) is 0 Å². The van der Waals surface area contributed by atoms with Gasteiger partial charge in [-0.2, -0.15) is 0 Å². The van der Waals surface area contributed by atoms with Crippen LogP contribution in [0.2, 0.25) is 5.02 Å². The standard InChI is InChI=1S/C24H24ClFN2O3/c1-15-7-2-3-10-19(15)27-23(29)14-28-20-11-4-5-12-21(20)31-22(24(28)30)13-16-17(25)8-6-9-18(16)26/h4-6,8-9,11-13,15,19H,2-3,7,10,14H2,1H3,(H,27,29)/b22-13-/t15-,19-/m0/s1. The molecule has 4 rings (SSSR count). The normalized spacial score (nSPS) is 22.1. The first-order valence-electron chi connectivity index (χ1n) is 10.5. The second-order valence-electron chi connectivity index (χ2n) is 8.04. The number of anilines is 1. The van der Waals surface area contributed by atoms with Crippen molar-refractivity contribution in [1.29, 1.82) is 0 Å². The SMILES string of the molecule is C[C@H]1CCCC[C@@H]1NC(=O)CN1C(=O)/C(=C/c2c(F)cccc2Cl)Oc2ccccc21. The number of nitrogens with zero attached hydrogens (tertiary/aromatic N) is 1. The fourth-order valence-electron chi connectivity index (χ4n) is 4.13. The number of rotatable bonds is 4. The van der Waals surface area contributed by atoms with Crippen LogP contribution in [-0.2, 0) is 9.59 Å². The van der Waals surface area contributed by atoms with Crippen LogP contribution >= 0.6 is 11.6 Å². The molecular formula is C24H24ClFN2O3. The van der Waals surface area contributed by atoms with E-state index in [0.717, 1.165) is 19.3 Å². The summed E-state index contributed by atoms with van der Waals surface area (Å²) in [7, 11) is 0. The number of ether oxygens (including phenoxy) is 1. The lowest BCUT2D eigenvalue weighted by molar-refractivity contribution is -0.124. The highest BCUT2D eigenvalue weighted by Gasteiger charge is 2.33. The third-order valence-corrected chi connectivity index (χ3v) is 6.20. The molecule has 31 heavy (non-hydrogen) atoms. The maximum absolute atomic E-state index is 14.3. The van der Waals surface area contributed by atoms with Crippen LogP contribution in [0.5, 0.6) is 5.75 Å². The van der Waals surface area contributed by atoms with E-state index < -0.39 is 11.7 Å². The van der Waals surface area contributed by atoms with E-state index in [4.69, 9.17) is 16.3 Å². The van der Waals surface area contributed by atoms with E-state index >= 15 is 0 Å². The lowest BCUT2D eigenvalue weighted by Crippen LogP contribution is -2.48. The van der Waals surface area contributed by atoms with Crippen molar-refractivity contribution < 1.29 is 18.7 Å². The highest BCUT2D eigenvalue weighted by Crippen LogP contribution is 2.36. The molecule has 1 aliphatic heterocycles. The quantitative estimate of drug-likeness (QED) is 0.682. The Morgan fingerprint density at radius 1 is 1.23 bits per heavy atom. The molecule has 0 unspecified atom stereocenters. The molecule has 5 nitrogen and oxygen atoms in total. The summed E-state index contributed by atoms with van der Waals surface area (Å²) in [6.45, 7) is 1.99. The molecule has 1 N–H and O–H groups in total. The van der Waals surface area contributed by atoms with Gasteiger partial charge < -0.3 is 10.1 Å². The van der Waals surface area contributed by atoms with Gasteiger partial charge in [-0.05, 0) is 49.1 Å². The van der Waals surface area contributed by atoms with Gasteiger partial charge in [-0.25, -0.2) is 4.39 Å². The van der Waals surface area contributed by atoms with Crippen LogP contribution in [0.25, 0.3) is 6.08 Å². The van der Waals surface area contributed by atoms with Crippen molar-refractivity contribution in [2.45, 2.75) is 38.6 Å². The zero-order valence-electron chi connectivity index (χ0n) is 17.2. The number of amides is 2. The first kappa shape index (κ1) is 21.4. The lowest BCUT2D eigenvalue weighted by Gasteiger charge is -2.32. The predicted molar refractivity (Wildman–Crippen MR) is 118 cm³/mol. The molecule has 1 fully saturated rings. The minimum absolute atomic E-state index is 0.0623. The van der Waals surface area contributed by atoms with Crippen LogP contribution in [0.4, 0.5) is 10.1 Å². The van der Waals surface area contributed by atoms with Gasteiger partial charge in [0, 0.05) is 11.6 Å². The van der Waals surface area contributed by atoms with Crippen molar-refractivity contribution in [2.24, 2.45) is 5.92 Å². The molecule has 0 spiro atoms. The number of hydrogen-bond acceptors (Lipinski definition) is 3. The minimum Gasteiger partial charge on any atom is -0.449 e. The van der Waals surface area contributed by atoms with Gasteiger partial charge in [-0.15, -0.1) is 0 Å². The smallest absolute Gasteiger partial charge is 0.294 e. The number of para-hydroxylation sites is 2. The first-order valence-corrected chi connectivity index (χ1v) is 10.9. The molecule has 0 bridgehead atoms. The Labute approximate surface area is 185 Å². The monoisotopic (exact) mass is 442 g/mol. The molecule has 0 aromatic heterocycles. The summed E-state index contributed by atoms with van der Waals surface area (Å²) in [5.41, 5.74) is 0.559. The minimum atomic E-state index is -0.564. The van der Waals surface area contributed by atoms with Gasteiger partial charge in [0.2, 0.25) is 5.91 Å². The summed E-state index contributed by atoms with van der Waals surface area (Å²) >= 11 is 6.11. The average molecular weight is 443 g/mol. The van der Waals surface area contributed by atoms with Gasteiger partial charge in [0.1, 0.15) is 12.4 Å². The van der Waals surface area contributed by atoms with E-state index in [-0.39, 0.29) is 34.8 Å². The van der Waals surface area contributed by atoms with Crippen LogP contribution in [0, 0.1) is 11.7 Å². The Bertz CT molecular complexity index is 1020. The van der Waals surface area contributed by atoms with Crippen molar-refractivity contribution in [3.8, 4) is 5.75 Å². The second-order valence-corrected chi connectivity index (χ2v) is 8.45. The number of benzene rings is 2. The molecule has 162 valence electrons. The van der Waals surface area contributed by atoms with E-state index in [0.29, 0.717) is 17.4 Å². The van der Waals surface area contributed by atoms with Crippen molar-refractivity contribution in [3.63, 3.8) is 0 Å². The van der Waals surface area contributed by atoms with Gasteiger partial charge in [0.25, 0.3) is 5.91 Å². The average Bonchev–Trinajstić information content (AvgIpc) is 2.75. The molecule has 1 aliphatic carbocycles. The van der Waals surface area contributed by atoms with E-state index in [1.165, 1.54) is 35.6 Å². The number of carbonyl (C=O) groups excluding carboxylic acids is 2. The summed E-state index contributed by atoms with van der Waals surface area (Å²) < 4.78 is 20.0. The Balaban J connectivity index is 1.61. The lowest BCUT2D eigenvalue weighted by atomic mass is 9.86. The molecule has 2 aromatic carbocycles. The van der Waals surface area contributed by atoms with Gasteiger partial charge in [0.15, 0.2) is 11.5 Å². The third kappa shape index (κ3) is 4.59. The summed E-state index contributed by atoms with van der Waals surface area (Å²) in [6.07, 6.45) is 5.57. The fraction of sp³-hybridized carbons (Fsp3) is 0.333. The van der Waals surface area contributed by atoms with Crippen LogP contribution in [0.15, 0.2) is 48.2 Å². The maximum Gasteiger partial charge on any atom is 0.294 e. The fourth-order valence-corrected chi connectivity index (χ4v) is 4.34. The number of nitrogens with one attached hydrogen (secondary N) is 1. The Morgan fingerprint density at radius 2 is 2.00 bits per heavy atom. The molecule has 1 heterocycles. The second kappa shape index (κ2) is 9.10. The van der Waals surface area contributed by atoms with Crippen molar-refractivity contribution in [3.05, 3.63) is 64.6 Å². The first-order chi connectivity index (χ1) is 14.9. The molecule has 2 aliphatic rings. The van der Waals surface area contributed by atoms with E-state index in [1.54, 1.807) is 24.3 Å². The molecular weight excluding hydrogens is 419 g/mol. The van der Waals surface area contributed by atoms with E-state index in [1.807, 2.05) is 0 Å². The summed E-state index contributed by atoms with van der Waals surface area (Å²) in [5, 5.41) is 3.24. The zero-order valence-corrected chi connectivity index (χ0v) is 18.0. The highest BCUT2D eigenvalue weighted by atomic mass is 35.5. The molecule has 2 aromatic rings. The predicted octanol–water partition coefficient (Wildman–Crippen LogP) is 4.94. The van der Waals surface area contributed by atoms with Crippen LogP contribution in [0.1, 0.15) is 38.2 Å². The van der Waals surface area contributed by atoms with E-state index in [2.05, 4.69) is 12.2 Å². The number of hydrogen-bond donors (Lipinski definition) is 1. The number of fused-ring (bicyclic) bond motifs is 1. The molecule has 1 saturated carbocycles. The van der Waals surface area contributed by atoms with Gasteiger partial charge in [-0.3, -0.25) is 14.5 Å². The largest absolute Gasteiger partial charge is 0.449 e. The summed E-state index contributed by atoms with van der Waals surface area (Å²) in [5.74, 6) is -0.587. The summed E-state index contributed by atoms with van der Waals surface area (Å²) in [6, 6.07) is 11.4. The molecule has 0 saturated heterocycles. The summed E-state index contributed by atoms with van der Waals surface area (Å²) in [4.78, 5) is 27.4. The van der Waals surface area contributed by atoms with E-state index in [9.17, 15) is 14.0 Å².